The lowest BCUT2D eigenvalue weighted by atomic mass is 9.70. The summed E-state index contributed by atoms with van der Waals surface area (Å²) in [7, 11) is 0. The van der Waals surface area contributed by atoms with Gasteiger partial charge in [0.25, 0.3) is 0 Å². The van der Waals surface area contributed by atoms with E-state index in [9.17, 15) is 4.79 Å². The molecule has 3 atom stereocenters. The SMILES string of the molecule is CC1CCN(CC2CCCC(C)(C)C2=O)CC1C. The largest absolute Gasteiger partial charge is 0.302 e. The van der Waals surface area contributed by atoms with E-state index in [1.165, 1.54) is 25.9 Å². The number of ketones is 1. The van der Waals surface area contributed by atoms with Crippen LogP contribution in [0.2, 0.25) is 0 Å². The Morgan fingerprint density at radius 1 is 1.22 bits per heavy atom. The van der Waals surface area contributed by atoms with Gasteiger partial charge in [0.05, 0.1) is 0 Å². The highest BCUT2D eigenvalue weighted by molar-refractivity contribution is 5.87. The number of hydrogen-bond acceptors (Lipinski definition) is 2. The van der Waals surface area contributed by atoms with Crippen molar-refractivity contribution in [1.29, 1.82) is 0 Å². The molecule has 0 bridgehead atoms. The molecule has 1 aliphatic heterocycles. The molecule has 1 saturated heterocycles. The smallest absolute Gasteiger partial charge is 0.142 e. The molecule has 18 heavy (non-hydrogen) atoms. The molecule has 0 N–H and O–H groups in total. The third-order valence-electron chi connectivity index (χ3n) is 5.29. The lowest BCUT2D eigenvalue weighted by molar-refractivity contribution is -0.135. The highest BCUT2D eigenvalue weighted by Gasteiger charge is 2.38. The van der Waals surface area contributed by atoms with Gasteiger partial charge in [-0.15, -0.1) is 0 Å². The average Bonchev–Trinajstić information content (AvgIpc) is 2.30. The average molecular weight is 251 g/mol. The minimum Gasteiger partial charge on any atom is -0.302 e. The predicted molar refractivity (Wildman–Crippen MR) is 75.5 cm³/mol. The number of carbonyl (C=O) groups is 1. The van der Waals surface area contributed by atoms with Gasteiger partial charge in [-0.2, -0.15) is 0 Å². The van der Waals surface area contributed by atoms with Crippen molar-refractivity contribution in [2.75, 3.05) is 19.6 Å². The molecule has 0 aromatic rings. The summed E-state index contributed by atoms with van der Waals surface area (Å²) in [5.41, 5.74) is -0.0718. The molecule has 2 heteroatoms. The molecule has 0 amide bonds. The standard InChI is InChI=1S/C16H29NO/c1-12-7-9-17(10-13(12)2)11-14-6-5-8-16(3,4)15(14)18/h12-14H,5-11H2,1-4H3. The summed E-state index contributed by atoms with van der Waals surface area (Å²) in [6.07, 6.45) is 4.72. The maximum absolute atomic E-state index is 12.4. The molecule has 0 aromatic carbocycles. The first-order valence-corrected chi connectivity index (χ1v) is 7.67. The summed E-state index contributed by atoms with van der Waals surface area (Å²) in [6, 6.07) is 0. The molecule has 104 valence electrons. The Bertz CT molecular complexity index is 310. The van der Waals surface area contributed by atoms with Gasteiger partial charge >= 0.3 is 0 Å². The topological polar surface area (TPSA) is 20.3 Å². The van der Waals surface area contributed by atoms with Gasteiger partial charge in [0, 0.05) is 24.4 Å². The van der Waals surface area contributed by atoms with E-state index in [1.54, 1.807) is 0 Å². The molecule has 3 unspecified atom stereocenters. The van der Waals surface area contributed by atoms with E-state index >= 15 is 0 Å². The van der Waals surface area contributed by atoms with E-state index in [-0.39, 0.29) is 5.41 Å². The Labute approximate surface area is 112 Å². The van der Waals surface area contributed by atoms with Crippen LogP contribution in [0.15, 0.2) is 0 Å². The molecular formula is C16H29NO. The van der Waals surface area contributed by atoms with E-state index in [1.807, 2.05) is 0 Å². The van der Waals surface area contributed by atoms with Crippen LogP contribution in [0.5, 0.6) is 0 Å². The Kier molecular flexibility index (Phi) is 4.15. The second-order valence-electron chi connectivity index (χ2n) is 7.34. The van der Waals surface area contributed by atoms with Crippen LogP contribution >= 0.6 is 0 Å². The molecule has 0 aromatic heterocycles. The van der Waals surface area contributed by atoms with Crippen molar-refractivity contribution in [1.82, 2.24) is 4.90 Å². The van der Waals surface area contributed by atoms with Crippen LogP contribution in [0.3, 0.4) is 0 Å². The highest BCUT2D eigenvalue weighted by Crippen LogP contribution is 2.36. The quantitative estimate of drug-likeness (QED) is 0.750. The van der Waals surface area contributed by atoms with Gasteiger partial charge in [-0.1, -0.05) is 34.1 Å². The molecule has 2 aliphatic rings. The van der Waals surface area contributed by atoms with Gasteiger partial charge in [0.2, 0.25) is 0 Å². The Morgan fingerprint density at radius 2 is 1.94 bits per heavy atom. The number of Topliss-reactive ketones (excluding diaryl/α,β-unsaturated/α-hetero) is 1. The van der Waals surface area contributed by atoms with Gasteiger partial charge in [0.1, 0.15) is 5.78 Å². The van der Waals surface area contributed by atoms with Crippen molar-refractivity contribution in [2.24, 2.45) is 23.2 Å². The molecule has 2 nitrogen and oxygen atoms in total. The fourth-order valence-corrected chi connectivity index (χ4v) is 3.60. The zero-order valence-electron chi connectivity index (χ0n) is 12.5. The van der Waals surface area contributed by atoms with Gasteiger partial charge in [-0.25, -0.2) is 0 Å². The van der Waals surface area contributed by atoms with Gasteiger partial charge in [0.15, 0.2) is 0 Å². The minimum atomic E-state index is -0.0718. The van der Waals surface area contributed by atoms with Crippen molar-refractivity contribution < 1.29 is 4.79 Å². The fraction of sp³-hybridized carbons (Fsp3) is 0.938. The van der Waals surface area contributed by atoms with Crippen molar-refractivity contribution in [3.63, 3.8) is 0 Å². The second kappa shape index (κ2) is 5.32. The van der Waals surface area contributed by atoms with Crippen LogP contribution < -0.4 is 0 Å². The van der Waals surface area contributed by atoms with E-state index < -0.39 is 0 Å². The lowest BCUT2D eigenvalue weighted by Crippen LogP contribution is -2.45. The Balaban J connectivity index is 1.91. The van der Waals surface area contributed by atoms with E-state index in [0.29, 0.717) is 11.7 Å². The molecule has 1 aliphatic carbocycles. The maximum Gasteiger partial charge on any atom is 0.142 e. The van der Waals surface area contributed by atoms with E-state index in [2.05, 4.69) is 32.6 Å². The summed E-state index contributed by atoms with van der Waals surface area (Å²) in [5.74, 6) is 2.44. The Morgan fingerprint density at radius 3 is 2.61 bits per heavy atom. The number of piperidine rings is 1. The first kappa shape index (κ1) is 14.0. The van der Waals surface area contributed by atoms with Gasteiger partial charge in [-0.05, 0) is 37.6 Å². The van der Waals surface area contributed by atoms with Crippen LogP contribution in [0.4, 0.5) is 0 Å². The van der Waals surface area contributed by atoms with Crippen LogP contribution in [-0.2, 0) is 4.79 Å². The van der Waals surface area contributed by atoms with Crippen molar-refractivity contribution in [2.45, 2.75) is 53.4 Å². The van der Waals surface area contributed by atoms with E-state index in [4.69, 9.17) is 0 Å². The molecule has 1 heterocycles. The summed E-state index contributed by atoms with van der Waals surface area (Å²) in [4.78, 5) is 15.0. The van der Waals surface area contributed by atoms with Crippen LogP contribution in [0.25, 0.3) is 0 Å². The van der Waals surface area contributed by atoms with Gasteiger partial charge in [-0.3, -0.25) is 4.79 Å². The molecular weight excluding hydrogens is 222 g/mol. The normalized spacial score (nSPS) is 37.8. The number of nitrogens with zero attached hydrogens (tertiary/aromatic N) is 1. The van der Waals surface area contributed by atoms with Crippen LogP contribution in [0.1, 0.15) is 53.4 Å². The molecule has 2 fully saturated rings. The van der Waals surface area contributed by atoms with Gasteiger partial charge < -0.3 is 4.90 Å². The maximum atomic E-state index is 12.4. The van der Waals surface area contributed by atoms with Crippen molar-refractivity contribution in [3.8, 4) is 0 Å². The van der Waals surface area contributed by atoms with Crippen LogP contribution in [0, 0.1) is 23.2 Å². The summed E-state index contributed by atoms with van der Waals surface area (Å²) in [6.45, 7) is 12.4. The number of rotatable bonds is 2. The lowest BCUT2D eigenvalue weighted by Gasteiger charge is -2.40. The van der Waals surface area contributed by atoms with Crippen molar-refractivity contribution in [3.05, 3.63) is 0 Å². The Hall–Kier alpha value is -0.370. The fourth-order valence-electron chi connectivity index (χ4n) is 3.60. The minimum absolute atomic E-state index is 0.0718. The van der Waals surface area contributed by atoms with Crippen molar-refractivity contribution >= 4 is 5.78 Å². The third kappa shape index (κ3) is 2.96. The summed E-state index contributed by atoms with van der Waals surface area (Å²) >= 11 is 0. The highest BCUT2D eigenvalue weighted by atomic mass is 16.1. The summed E-state index contributed by atoms with van der Waals surface area (Å²) in [5, 5.41) is 0. The summed E-state index contributed by atoms with van der Waals surface area (Å²) < 4.78 is 0. The molecule has 0 radical (unpaired) electrons. The zero-order valence-corrected chi connectivity index (χ0v) is 12.5. The number of likely N-dealkylation sites (tertiary alicyclic amines) is 1. The second-order valence-corrected chi connectivity index (χ2v) is 7.34. The zero-order chi connectivity index (χ0) is 13.3. The van der Waals surface area contributed by atoms with Crippen LogP contribution in [-0.4, -0.2) is 30.3 Å². The number of carbonyl (C=O) groups excluding carboxylic acids is 1. The first-order valence-electron chi connectivity index (χ1n) is 7.67. The molecule has 2 rings (SSSR count). The third-order valence-corrected chi connectivity index (χ3v) is 5.29. The predicted octanol–water partition coefficient (Wildman–Crippen LogP) is 3.36. The molecule has 0 spiro atoms. The monoisotopic (exact) mass is 251 g/mol. The first-order chi connectivity index (χ1) is 8.40. The number of hydrogen-bond donors (Lipinski definition) is 0. The van der Waals surface area contributed by atoms with E-state index in [0.717, 1.165) is 31.2 Å². The molecule has 1 saturated carbocycles.